The normalized spacial score (nSPS) is 20.6. The molecule has 1 saturated carbocycles. The quantitative estimate of drug-likeness (QED) is 0.500. The molecule has 4 nitrogen and oxygen atoms in total. The molecule has 1 N–H and O–H groups in total. The van der Waals surface area contributed by atoms with E-state index >= 15 is 4.39 Å². The number of carboxylic acid groups (broad SMARTS) is 1. The molecular formula is C24H27Cl3FNO3. The van der Waals surface area contributed by atoms with Crippen LogP contribution in [0.3, 0.4) is 0 Å². The molecule has 1 heterocycles. The highest BCUT2D eigenvalue weighted by Crippen LogP contribution is 2.41. The Bertz CT molecular complexity index is 990. The molecular weight excluding hydrogens is 476 g/mol. The fourth-order valence-corrected chi connectivity index (χ4v) is 4.76. The number of carbonyl (C=O) groups is 1. The Morgan fingerprint density at radius 2 is 1.84 bits per heavy atom. The Labute approximate surface area is 204 Å². The summed E-state index contributed by atoms with van der Waals surface area (Å²) in [6, 6.07) is 8.78. The SMILES string of the molecule is CC1(C)CO[C@H](Cc2cc(Cl)cc(Cl)c2)CN1Cc1cc(C2CC2)cc(C(=O)O)c1F.Cl. The Morgan fingerprint density at radius 1 is 1.19 bits per heavy atom. The largest absolute Gasteiger partial charge is 0.478 e. The molecule has 0 radical (unpaired) electrons. The number of nitrogens with zero attached hydrogens (tertiary/aromatic N) is 1. The van der Waals surface area contributed by atoms with Gasteiger partial charge in [-0.2, -0.15) is 0 Å². The fraction of sp³-hybridized carbons (Fsp3) is 0.458. The van der Waals surface area contributed by atoms with Gasteiger partial charge in [-0.3, -0.25) is 4.90 Å². The number of ether oxygens (including phenoxy) is 1. The molecule has 2 aliphatic rings. The summed E-state index contributed by atoms with van der Waals surface area (Å²) in [5, 5.41) is 10.6. The molecule has 4 rings (SSSR count). The third kappa shape index (κ3) is 5.75. The molecule has 174 valence electrons. The average molecular weight is 503 g/mol. The van der Waals surface area contributed by atoms with Crippen molar-refractivity contribution >= 4 is 41.6 Å². The molecule has 0 amide bonds. The second-order valence-electron chi connectivity index (χ2n) is 9.23. The number of aromatic carboxylic acids is 1. The fourth-order valence-electron chi connectivity index (χ4n) is 4.19. The molecule has 0 aromatic heterocycles. The second-order valence-corrected chi connectivity index (χ2v) is 10.1. The maximum absolute atomic E-state index is 15.1. The molecule has 1 aliphatic carbocycles. The van der Waals surface area contributed by atoms with E-state index in [1.165, 1.54) is 6.07 Å². The Morgan fingerprint density at radius 3 is 2.44 bits per heavy atom. The lowest BCUT2D eigenvalue weighted by Crippen LogP contribution is -2.56. The van der Waals surface area contributed by atoms with Crippen LogP contribution in [0.15, 0.2) is 30.3 Å². The van der Waals surface area contributed by atoms with E-state index in [4.69, 9.17) is 27.9 Å². The highest BCUT2D eigenvalue weighted by Gasteiger charge is 2.36. The van der Waals surface area contributed by atoms with Crippen LogP contribution in [0.25, 0.3) is 0 Å². The van der Waals surface area contributed by atoms with Gasteiger partial charge in [0.05, 0.1) is 18.3 Å². The van der Waals surface area contributed by atoms with E-state index in [0.29, 0.717) is 47.6 Å². The van der Waals surface area contributed by atoms with Gasteiger partial charge in [0.15, 0.2) is 0 Å². The summed E-state index contributed by atoms with van der Waals surface area (Å²) >= 11 is 12.3. The van der Waals surface area contributed by atoms with Crippen LogP contribution in [0.4, 0.5) is 4.39 Å². The van der Waals surface area contributed by atoms with Gasteiger partial charge < -0.3 is 9.84 Å². The number of carboxylic acids is 1. The highest BCUT2D eigenvalue weighted by atomic mass is 35.5. The van der Waals surface area contributed by atoms with Crippen LogP contribution in [-0.2, 0) is 17.7 Å². The van der Waals surface area contributed by atoms with Crippen molar-refractivity contribution in [3.8, 4) is 0 Å². The minimum Gasteiger partial charge on any atom is -0.478 e. The maximum atomic E-state index is 15.1. The minimum absolute atomic E-state index is 0. The number of morpholine rings is 1. The topological polar surface area (TPSA) is 49.8 Å². The number of hydrogen-bond acceptors (Lipinski definition) is 3. The molecule has 0 bridgehead atoms. The summed E-state index contributed by atoms with van der Waals surface area (Å²) in [6.07, 6.45) is 2.59. The smallest absolute Gasteiger partial charge is 0.338 e. The predicted octanol–water partition coefficient (Wildman–Crippen LogP) is 6.35. The van der Waals surface area contributed by atoms with Gasteiger partial charge >= 0.3 is 5.97 Å². The van der Waals surface area contributed by atoms with Gasteiger partial charge in [0.2, 0.25) is 0 Å². The Balaban J connectivity index is 0.00000289. The highest BCUT2D eigenvalue weighted by molar-refractivity contribution is 6.34. The predicted molar refractivity (Wildman–Crippen MR) is 127 cm³/mol. The van der Waals surface area contributed by atoms with Crippen LogP contribution in [0.2, 0.25) is 10.0 Å². The van der Waals surface area contributed by atoms with Gasteiger partial charge in [0, 0.05) is 34.2 Å². The minimum atomic E-state index is -1.22. The summed E-state index contributed by atoms with van der Waals surface area (Å²) in [5.41, 5.74) is 1.78. The zero-order valence-electron chi connectivity index (χ0n) is 18.0. The van der Waals surface area contributed by atoms with Crippen LogP contribution >= 0.6 is 35.6 Å². The average Bonchev–Trinajstić information content (AvgIpc) is 3.50. The van der Waals surface area contributed by atoms with Crippen LogP contribution in [0.1, 0.15) is 59.7 Å². The first kappa shape index (κ1) is 25.3. The molecule has 1 aliphatic heterocycles. The van der Waals surface area contributed by atoms with Crippen LogP contribution < -0.4 is 0 Å². The number of halogens is 4. The molecule has 2 aromatic rings. The van der Waals surface area contributed by atoms with Crippen molar-refractivity contribution in [3.05, 3.63) is 68.4 Å². The Hall–Kier alpha value is -1.37. The maximum Gasteiger partial charge on any atom is 0.338 e. The molecule has 1 atom stereocenters. The lowest BCUT2D eigenvalue weighted by Gasteiger charge is -2.45. The van der Waals surface area contributed by atoms with E-state index in [2.05, 4.69) is 18.7 Å². The van der Waals surface area contributed by atoms with E-state index in [0.717, 1.165) is 24.0 Å². The van der Waals surface area contributed by atoms with Gasteiger partial charge in [0.25, 0.3) is 0 Å². The van der Waals surface area contributed by atoms with E-state index < -0.39 is 11.8 Å². The van der Waals surface area contributed by atoms with Gasteiger partial charge in [-0.1, -0.05) is 29.3 Å². The van der Waals surface area contributed by atoms with E-state index in [9.17, 15) is 9.90 Å². The molecule has 0 unspecified atom stereocenters. The molecule has 1 saturated heterocycles. The standard InChI is InChI=1S/C24H26Cl2FNO3.ClH/c1-24(2)13-31-20(7-14-5-18(25)10-19(26)6-14)12-28(24)11-17-8-16(15-3-4-15)9-21(22(17)27)23(29)30;/h5-6,8-10,15,20H,3-4,7,11-13H2,1-2H3,(H,29,30);1H/t20-;/m1./s1. The molecule has 2 fully saturated rings. The number of hydrogen-bond donors (Lipinski definition) is 1. The van der Waals surface area contributed by atoms with Crippen molar-refractivity contribution in [1.82, 2.24) is 4.90 Å². The molecule has 0 spiro atoms. The van der Waals surface area contributed by atoms with E-state index in [1.54, 1.807) is 6.07 Å². The van der Waals surface area contributed by atoms with E-state index in [-0.39, 0.29) is 29.6 Å². The second kappa shape index (κ2) is 9.86. The van der Waals surface area contributed by atoms with Crippen molar-refractivity contribution < 1.29 is 19.0 Å². The van der Waals surface area contributed by atoms with Crippen molar-refractivity contribution in [2.45, 2.75) is 57.2 Å². The van der Waals surface area contributed by atoms with Crippen LogP contribution in [-0.4, -0.2) is 40.8 Å². The van der Waals surface area contributed by atoms with Gasteiger partial charge in [-0.15, -0.1) is 12.4 Å². The van der Waals surface area contributed by atoms with Crippen molar-refractivity contribution in [2.24, 2.45) is 0 Å². The first-order chi connectivity index (χ1) is 14.6. The zero-order valence-corrected chi connectivity index (χ0v) is 20.4. The summed E-state index contributed by atoms with van der Waals surface area (Å²) < 4.78 is 21.2. The van der Waals surface area contributed by atoms with Gasteiger partial charge in [-0.05, 0) is 74.4 Å². The first-order valence-corrected chi connectivity index (χ1v) is 11.3. The third-order valence-corrected chi connectivity index (χ3v) is 6.59. The first-order valence-electron chi connectivity index (χ1n) is 10.5. The summed E-state index contributed by atoms with van der Waals surface area (Å²) in [5.74, 6) is -1.52. The zero-order chi connectivity index (χ0) is 22.3. The third-order valence-electron chi connectivity index (χ3n) is 6.15. The van der Waals surface area contributed by atoms with Gasteiger partial charge in [0.1, 0.15) is 5.82 Å². The molecule has 8 heteroatoms. The van der Waals surface area contributed by atoms with Crippen LogP contribution in [0.5, 0.6) is 0 Å². The van der Waals surface area contributed by atoms with Crippen molar-refractivity contribution in [2.75, 3.05) is 13.2 Å². The molecule has 2 aromatic carbocycles. The number of benzene rings is 2. The summed E-state index contributed by atoms with van der Waals surface area (Å²) in [7, 11) is 0. The van der Waals surface area contributed by atoms with Crippen molar-refractivity contribution in [1.29, 1.82) is 0 Å². The van der Waals surface area contributed by atoms with Gasteiger partial charge in [-0.25, -0.2) is 9.18 Å². The Kier molecular flexibility index (Phi) is 7.78. The van der Waals surface area contributed by atoms with Crippen LogP contribution in [0, 0.1) is 5.82 Å². The monoisotopic (exact) mass is 501 g/mol. The lowest BCUT2D eigenvalue weighted by atomic mass is 9.95. The lowest BCUT2D eigenvalue weighted by molar-refractivity contribution is -0.102. The summed E-state index contributed by atoms with van der Waals surface area (Å²) in [6.45, 7) is 5.52. The van der Waals surface area contributed by atoms with Crippen molar-refractivity contribution in [3.63, 3.8) is 0 Å². The number of rotatable bonds is 6. The van der Waals surface area contributed by atoms with E-state index in [1.807, 2.05) is 18.2 Å². The molecule has 32 heavy (non-hydrogen) atoms. The summed E-state index contributed by atoms with van der Waals surface area (Å²) in [4.78, 5) is 13.8.